The summed E-state index contributed by atoms with van der Waals surface area (Å²) in [5, 5.41) is 13.1. The number of nitrogens with one attached hydrogen (secondary N) is 1. The molecule has 0 amide bonds. The number of rotatable bonds is 5. The van der Waals surface area contributed by atoms with Crippen LogP contribution >= 0.6 is 11.8 Å². The minimum absolute atomic E-state index is 0.0343. The van der Waals surface area contributed by atoms with Crippen LogP contribution in [0.25, 0.3) is 0 Å². The molecule has 0 aromatic carbocycles. The predicted octanol–water partition coefficient (Wildman–Crippen LogP) is 1.90. The van der Waals surface area contributed by atoms with E-state index in [1.165, 1.54) is 11.8 Å². The smallest absolute Gasteiger partial charge is 0.189 e. The highest BCUT2D eigenvalue weighted by Crippen LogP contribution is 2.17. The maximum Gasteiger partial charge on any atom is 0.189 e. The average molecular weight is 227 g/mol. The topological polar surface area (TPSA) is 58.0 Å². The number of thioether (sulfide) groups is 1. The van der Waals surface area contributed by atoms with E-state index in [0.29, 0.717) is 6.04 Å². The maximum atomic E-state index is 9.14. The number of aliphatic hydroxyl groups excluding tert-OH is 1. The molecule has 0 aliphatic heterocycles. The predicted molar refractivity (Wildman–Crippen MR) is 63.1 cm³/mol. The van der Waals surface area contributed by atoms with E-state index < -0.39 is 0 Å². The van der Waals surface area contributed by atoms with Crippen LogP contribution in [0.15, 0.2) is 11.4 Å². The van der Waals surface area contributed by atoms with Gasteiger partial charge in [0.1, 0.15) is 5.82 Å². The number of aromatic nitrogens is 2. The van der Waals surface area contributed by atoms with Crippen LogP contribution in [0.5, 0.6) is 0 Å². The van der Waals surface area contributed by atoms with Crippen molar-refractivity contribution in [1.82, 2.24) is 9.97 Å². The van der Waals surface area contributed by atoms with Crippen molar-refractivity contribution in [3.63, 3.8) is 0 Å². The Morgan fingerprint density at radius 1 is 1.60 bits per heavy atom. The Morgan fingerprint density at radius 3 is 2.87 bits per heavy atom. The van der Waals surface area contributed by atoms with E-state index in [1.54, 1.807) is 6.20 Å². The zero-order valence-electron chi connectivity index (χ0n) is 9.32. The fourth-order valence-electron chi connectivity index (χ4n) is 1.07. The van der Waals surface area contributed by atoms with Gasteiger partial charge in [-0.3, -0.25) is 0 Å². The number of hydrogen-bond acceptors (Lipinski definition) is 5. The molecule has 2 N–H and O–H groups in total. The summed E-state index contributed by atoms with van der Waals surface area (Å²) in [4.78, 5) is 8.44. The monoisotopic (exact) mass is 227 g/mol. The second kappa shape index (κ2) is 5.92. The highest BCUT2D eigenvalue weighted by molar-refractivity contribution is 7.98. The van der Waals surface area contributed by atoms with E-state index in [4.69, 9.17) is 5.11 Å². The minimum atomic E-state index is -0.0343. The lowest BCUT2D eigenvalue weighted by atomic mass is 10.2. The van der Waals surface area contributed by atoms with Crippen molar-refractivity contribution in [2.45, 2.75) is 38.1 Å². The van der Waals surface area contributed by atoms with Crippen LogP contribution in [0.3, 0.4) is 0 Å². The van der Waals surface area contributed by atoms with Crippen LogP contribution in [0.4, 0.5) is 5.82 Å². The van der Waals surface area contributed by atoms with Crippen molar-refractivity contribution in [1.29, 1.82) is 0 Å². The van der Waals surface area contributed by atoms with Crippen LogP contribution in [-0.4, -0.2) is 27.4 Å². The SMILES string of the molecule is CCC(C)Nc1nc(SC)ncc1CO. The van der Waals surface area contributed by atoms with Gasteiger partial charge in [-0.05, 0) is 19.6 Å². The summed E-state index contributed by atoms with van der Waals surface area (Å²) < 4.78 is 0. The summed E-state index contributed by atoms with van der Waals surface area (Å²) in [7, 11) is 0. The lowest BCUT2D eigenvalue weighted by molar-refractivity contribution is 0.281. The van der Waals surface area contributed by atoms with Gasteiger partial charge in [0.25, 0.3) is 0 Å². The third-order valence-corrected chi connectivity index (χ3v) is 2.75. The van der Waals surface area contributed by atoms with Gasteiger partial charge in [-0.2, -0.15) is 0 Å². The Balaban J connectivity index is 2.90. The number of nitrogens with zero attached hydrogens (tertiary/aromatic N) is 2. The van der Waals surface area contributed by atoms with Crippen LogP contribution in [0, 0.1) is 0 Å². The highest BCUT2D eigenvalue weighted by Gasteiger charge is 2.08. The van der Waals surface area contributed by atoms with Crippen LogP contribution in [-0.2, 0) is 6.61 Å². The summed E-state index contributed by atoms with van der Waals surface area (Å²) in [5.74, 6) is 0.742. The van der Waals surface area contributed by atoms with Gasteiger partial charge in [0, 0.05) is 17.8 Å². The Kier molecular flexibility index (Phi) is 4.84. The summed E-state index contributed by atoms with van der Waals surface area (Å²) in [6, 6.07) is 0.347. The summed E-state index contributed by atoms with van der Waals surface area (Å²) in [6.45, 7) is 4.16. The molecule has 1 heterocycles. The molecule has 0 saturated heterocycles. The standard InChI is InChI=1S/C10H17N3OS/c1-4-7(2)12-9-8(6-14)5-11-10(13-9)15-3/h5,7,14H,4,6H2,1-3H3,(H,11,12,13). The second-order valence-corrected chi connectivity index (χ2v) is 4.12. The quantitative estimate of drug-likeness (QED) is 0.594. The Morgan fingerprint density at radius 2 is 2.33 bits per heavy atom. The molecule has 0 spiro atoms. The van der Waals surface area contributed by atoms with Gasteiger partial charge in [0.2, 0.25) is 0 Å². The van der Waals surface area contributed by atoms with E-state index >= 15 is 0 Å². The lowest BCUT2D eigenvalue weighted by Gasteiger charge is -2.14. The molecule has 1 atom stereocenters. The summed E-state index contributed by atoms with van der Waals surface area (Å²) >= 11 is 1.49. The van der Waals surface area contributed by atoms with Gasteiger partial charge in [0.05, 0.1) is 6.61 Å². The molecule has 1 aromatic rings. The highest BCUT2D eigenvalue weighted by atomic mass is 32.2. The van der Waals surface area contributed by atoms with Crippen LogP contribution in [0.1, 0.15) is 25.8 Å². The lowest BCUT2D eigenvalue weighted by Crippen LogP contribution is -2.16. The fourth-order valence-corrected chi connectivity index (χ4v) is 1.41. The molecule has 0 saturated carbocycles. The third kappa shape index (κ3) is 3.35. The van der Waals surface area contributed by atoms with Gasteiger partial charge in [-0.15, -0.1) is 0 Å². The van der Waals surface area contributed by atoms with E-state index in [0.717, 1.165) is 23.0 Å². The Labute approximate surface area is 94.5 Å². The van der Waals surface area contributed by atoms with Gasteiger partial charge in [-0.1, -0.05) is 18.7 Å². The maximum absolute atomic E-state index is 9.14. The number of anilines is 1. The minimum Gasteiger partial charge on any atom is -0.391 e. The van der Waals surface area contributed by atoms with Crippen molar-refractivity contribution in [2.24, 2.45) is 0 Å². The normalized spacial score (nSPS) is 12.5. The average Bonchev–Trinajstić information content (AvgIpc) is 2.28. The van der Waals surface area contributed by atoms with E-state index in [2.05, 4.69) is 29.1 Å². The first-order valence-electron chi connectivity index (χ1n) is 4.98. The molecule has 1 unspecified atom stereocenters. The number of aliphatic hydroxyl groups is 1. The molecule has 0 aliphatic rings. The van der Waals surface area contributed by atoms with Crippen molar-refractivity contribution in [3.05, 3.63) is 11.8 Å². The van der Waals surface area contributed by atoms with Crippen molar-refractivity contribution < 1.29 is 5.11 Å². The first-order valence-corrected chi connectivity index (χ1v) is 6.21. The molecule has 15 heavy (non-hydrogen) atoms. The molecule has 0 fully saturated rings. The Bertz CT molecular complexity index is 320. The number of hydrogen-bond donors (Lipinski definition) is 2. The molecular formula is C10H17N3OS. The Hall–Kier alpha value is -0.810. The molecule has 5 heteroatoms. The molecule has 0 radical (unpaired) electrons. The summed E-state index contributed by atoms with van der Waals surface area (Å²) in [5.41, 5.74) is 0.744. The fraction of sp³-hybridized carbons (Fsp3) is 0.600. The molecule has 4 nitrogen and oxygen atoms in total. The first-order chi connectivity index (χ1) is 7.21. The van der Waals surface area contributed by atoms with Crippen molar-refractivity contribution in [2.75, 3.05) is 11.6 Å². The molecule has 1 rings (SSSR count). The van der Waals surface area contributed by atoms with E-state index in [-0.39, 0.29) is 6.61 Å². The molecular weight excluding hydrogens is 210 g/mol. The van der Waals surface area contributed by atoms with Gasteiger partial charge in [-0.25, -0.2) is 9.97 Å². The molecule has 1 aromatic heterocycles. The third-order valence-electron chi connectivity index (χ3n) is 2.19. The van der Waals surface area contributed by atoms with Crippen molar-refractivity contribution in [3.8, 4) is 0 Å². The summed E-state index contributed by atoms with van der Waals surface area (Å²) in [6.07, 6.45) is 4.62. The second-order valence-electron chi connectivity index (χ2n) is 3.34. The van der Waals surface area contributed by atoms with Crippen LogP contribution < -0.4 is 5.32 Å². The van der Waals surface area contributed by atoms with E-state index in [1.807, 2.05) is 6.26 Å². The molecule has 84 valence electrons. The molecule has 0 aliphatic carbocycles. The zero-order chi connectivity index (χ0) is 11.3. The van der Waals surface area contributed by atoms with Gasteiger partial charge < -0.3 is 10.4 Å². The first kappa shape index (κ1) is 12.3. The molecule has 0 bridgehead atoms. The largest absolute Gasteiger partial charge is 0.391 e. The zero-order valence-corrected chi connectivity index (χ0v) is 10.1. The van der Waals surface area contributed by atoms with E-state index in [9.17, 15) is 0 Å². The van der Waals surface area contributed by atoms with Crippen LogP contribution in [0.2, 0.25) is 0 Å². The van der Waals surface area contributed by atoms with Crippen molar-refractivity contribution >= 4 is 17.6 Å². The van der Waals surface area contributed by atoms with Gasteiger partial charge >= 0.3 is 0 Å². The van der Waals surface area contributed by atoms with Gasteiger partial charge in [0.15, 0.2) is 5.16 Å².